The van der Waals surface area contributed by atoms with Crippen molar-refractivity contribution in [3.05, 3.63) is 47.3 Å². The van der Waals surface area contributed by atoms with Crippen molar-refractivity contribution in [2.45, 2.75) is 44.6 Å². The monoisotopic (exact) mass is 327 g/mol. The Morgan fingerprint density at radius 1 is 1.17 bits per heavy atom. The highest BCUT2D eigenvalue weighted by molar-refractivity contribution is 5.24. The van der Waals surface area contributed by atoms with Crippen LogP contribution in [0.4, 0.5) is 17.6 Å². The van der Waals surface area contributed by atoms with Crippen LogP contribution in [0, 0.1) is 17.2 Å². The van der Waals surface area contributed by atoms with E-state index in [1.165, 1.54) is 24.3 Å². The van der Waals surface area contributed by atoms with Crippen molar-refractivity contribution in [1.82, 2.24) is 0 Å². The van der Waals surface area contributed by atoms with Crippen molar-refractivity contribution in [2.24, 2.45) is 5.92 Å². The number of nitriles is 1. The minimum atomic E-state index is -4.33. The van der Waals surface area contributed by atoms with Crippen LogP contribution in [0.25, 0.3) is 0 Å². The molecule has 0 N–H and O–H groups in total. The number of ether oxygens (including phenoxy) is 1. The maximum atomic E-state index is 12.9. The zero-order chi connectivity index (χ0) is 16.9. The summed E-state index contributed by atoms with van der Waals surface area (Å²) in [6.45, 7) is 0.260. The van der Waals surface area contributed by atoms with Crippen molar-refractivity contribution in [3.63, 3.8) is 0 Å². The molecule has 23 heavy (non-hydrogen) atoms. The smallest absolute Gasteiger partial charge is 0.374 e. The highest BCUT2D eigenvalue weighted by Gasteiger charge is 2.30. The molecule has 1 aromatic rings. The van der Waals surface area contributed by atoms with Gasteiger partial charge in [-0.15, -0.1) is 0 Å². The summed E-state index contributed by atoms with van der Waals surface area (Å²) in [5.74, 6) is -0.695. The topological polar surface area (TPSA) is 33.0 Å². The molecule has 1 fully saturated rings. The normalized spacial score (nSPS) is 22.7. The fourth-order valence-electron chi connectivity index (χ4n) is 2.67. The lowest BCUT2D eigenvalue weighted by Crippen LogP contribution is -2.20. The van der Waals surface area contributed by atoms with Crippen LogP contribution in [0.15, 0.2) is 36.2 Å². The third-order valence-corrected chi connectivity index (χ3v) is 3.97. The van der Waals surface area contributed by atoms with Crippen LogP contribution in [-0.2, 0) is 17.5 Å². The van der Waals surface area contributed by atoms with Crippen LogP contribution < -0.4 is 0 Å². The first-order valence-electron chi connectivity index (χ1n) is 7.43. The van der Waals surface area contributed by atoms with E-state index in [2.05, 4.69) is 0 Å². The average molecular weight is 327 g/mol. The highest BCUT2D eigenvalue weighted by Crippen LogP contribution is 2.30. The molecule has 6 heteroatoms. The second kappa shape index (κ2) is 7.60. The summed E-state index contributed by atoms with van der Waals surface area (Å²) in [5.41, 5.74) is 0.0172. The zero-order valence-corrected chi connectivity index (χ0v) is 12.4. The maximum Gasteiger partial charge on any atom is 0.416 e. The number of allylic oxidation sites excluding steroid dienone is 2. The molecule has 1 aliphatic rings. The van der Waals surface area contributed by atoms with Gasteiger partial charge in [-0.2, -0.15) is 22.8 Å². The molecule has 1 aromatic carbocycles. The Balaban J connectivity index is 1.79. The Kier molecular flexibility index (Phi) is 5.78. The van der Waals surface area contributed by atoms with Gasteiger partial charge in [0.15, 0.2) is 5.83 Å². The van der Waals surface area contributed by atoms with E-state index in [0.717, 1.165) is 37.8 Å². The molecule has 2 nitrogen and oxygen atoms in total. The molecule has 2 rings (SSSR count). The summed E-state index contributed by atoms with van der Waals surface area (Å²) in [7, 11) is 0. The average Bonchev–Trinajstić information content (AvgIpc) is 2.53. The quantitative estimate of drug-likeness (QED) is 0.565. The molecular weight excluding hydrogens is 310 g/mol. The molecule has 0 aromatic heterocycles. The van der Waals surface area contributed by atoms with Gasteiger partial charge < -0.3 is 4.74 Å². The second-order valence-corrected chi connectivity index (χ2v) is 5.67. The minimum Gasteiger partial charge on any atom is -0.374 e. The second-order valence-electron chi connectivity index (χ2n) is 5.67. The molecular formula is C17H17F4NO. The summed E-state index contributed by atoms with van der Waals surface area (Å²) < 4.78 is 56.0. The SMILES string of the molecule is N#C/C(F)=C/C1CCC(OCc2ccc(C(F)(F)F)cc2)CC1. The van der Waals surface area contributed by atoms with Crippen LogP contribution in [0.5, 0.6) is 0 Å². The van der Waals surface area contributed by atoms with Crippen molar-refractivity contribution >= 4 is 0 Å². The van der Waals surface area contributed by atoms with E-state index >= 15 is 0 Å². The number of alkyl halides is 3. The molecule has 0 heterocycles. The molecule has 0 aliphatic heterocycles. The van der Waals surface area contributed by atoms with Gasteiger partial charge in [0, 0.05) is 0 Å². The molecule has 1 saturated carbocycles. The van der Waals surface area contributed by atoms with Crippen LogP contribution >= 0.6 is 0 Å². The third kappa shape index (κ3) is 5.36. The molecule has 0 saturated heterocycles. The van der Waals surface area contributed by atoms with Crippen LogP contribution in [0.1, 0.15) is 36.8 Å². The number of nitrogens with zero attached hydrogens (tertiary/aromatic N) is 1. The Hall–Kier alpha value is -1.87. The maximum absolute atomic E-state index is 12.9. The lowest BCUT2D eigenvalue weighted by Gasteiger charge is -2.26. The highest BCUT2D eigenvalue weighted by atomic mass is 19.4. The fourth-order valence-corrected chi connectivity index (χ4v) is 2.67. The Morgan fingerprint density at radius 3 is 2.30 bits per heavy atom. The third-order valence-electron chi connectivity index (χ3n) is 3.97. The largest absolute Gasteiger partial charge is 0.416 e. The number of halogens is 4. The molecule has 0 spiro atoms. The van der Waals surface area contributed by atoms with Gasteiger partial charge in [0.1, 0.15) is 6.07 Å². The van der Waals surface area contributed by atoms with E-state index in [1.54, 1.807) is 0 Å². The van der Waals surface area contributed by atoms with Gasteiger partial charge in [-0.1, -0.05) is 12.1 Å². The molecule has 0 unspecified atom stereocenters. The van der Waals surface area contributed by atoms with Crippen molar-refractivity contribution in [3.8, 4) is 6.07 Å². The van der Waals surface area contributed by atoms with Crippen molar-refractivity contribution < 1.29 is 22.3 Å². The number of benzene rings is 1. The van der Waals surface area contributed by atoms with Crippen molar-refractivity contribution in [1.29, 1.82) is 5.26 Å². The summed E-state index contributed by atoms with van der Waals surface area (Å²) in [6.07, 6.45) is 0.0310. The molecule has 0 bridgehead atoms. The predicted octanol–water partition coefficient (Wildman–Crippen LogP) is 5.16. The standard InChI is InChI=1S/C17H17F4NO/c18-15(10-22)9-12-3-7-16(8-4-12)23-11-13-1-5-14(6-2-13)17(19,20)21/h1-2,5-6,9,12,16H,3-4,7-8,11H2/b15-9-. The summed E-state index contributed by atoms with van der Waals surface area (Å²) in [5, 5.41) is 8.41. The van der Waals surface area contributed by atoms with Gasteiger partial charge in [0.05, 0.1) is 18.3 Å². The lowest BCUT2D eigenvalue weighted by atomic mass is 9.87. The van der Waals surface area contributed by atoms with E-state index < -0.39 is 17.6 Å². The first-order valence-corrected chi connectivity index (χ1v) is 7.43. The Morgan fingerprint density at radius 2 is 1.78 bits per heavy atom. The number of hydrogen-bond acceptors (Lipinski definition) is 2. The fraction of sp³-hybridized carbons (Fsp3) is 0.471. The number of rotatable bonds is 4. The van der Waals surface area contributed by atoms with Gasteiger partial charge in [0.25, 0.3) is 0 Å². The summed E-state index contributed by atoms with van der Waals surface area (Å²) in [6, 6.07) is 6.39. The molecule has 0 atom stereocenters. The van der Waals surface area contributed by atoms with E-state index in [-0.39, 0.29) is 18.6 Å². The first kappa shape index (κ1) is 17.5. The minimum absolute atomic E-state index is 0.0205. The van der Waals surface area contributed by atoms with E-state index in [9.17, 15) is 17.6 Å². The van der Waals surface area contributed by atoms with Gasteiger partial charge in [-0.25, -0.2) is 0 Å². The molecule has 124 valence electrons. The van der Waals surface area contributed by atoms with Crippen molar-refractivity contribution in [2.75, 3.05) is 0 Å². The van der Waals surface area contributed by atoms with Gasteiger partial charge in [-0.3, -0.25) is 0 Å². The van der Waals surface area contributed by atoms with Crippen LogP contribution in [-0.4, -0.2) is 6.10 Å². The number of hydrogen-bond donors (Lipinski definition) is 0. The Labute approximate surface area is 132 Å². The van der Waals surface area contributed by atoms with Gasteiger partial charge in [0.2, 0.25) is 0 Å². The molecule has 1 aliphatic carbocycles. The predicted molar refractivity (Wildman–Crippen MR) is 76.8 cm³/mol. The summed E-state index contributed by atoms with van der Waals surface area (Å²) >= 11 is 0. The lowest BCUT2D eigenvalue weighted by molar-refractivity contribution is -0.137. The zero-order valence-electron chi connectivity index (χ0n) is 12.4. The van der Waals surface area contributed by atoms with E-state index in [4.69, 9.17) is 10.00 Å². The van der Waals surface area contributed by atoms with Gasteiger partial charge in [-0.05, 0) is 55.4 Å². The van der Waals surface area contributed by atoms with Gasteiger partial charge >= 0.3 is 6.18 Å². The molecule has 0 radical (unpaired) electrons. The molecule has 0 amide bonds. The van der Waals surface area contributed by atoms with Crippen LogP contribution in [0.2, 0.25) is 0 Å². The summed E-state index contributed by atoms with van der Waals surface area (Å²) in [4.78, 5) is 0. The van der Waals surface area contributed by atoms with E-state index in [0.29, 0.717) is 5.56 Å². The first-order chi connectivity index (χ1) is 10.9. The van der Waals surface area contributed by atoms with Crippen LogP contribution in [0.3, 0.4) is 0 Å². The Bertz CT molecular complexity index is 578. The van der Waals surface area contributed by atoms with E-state index in [1.807, 2.05) is 0 Å².